The van der Waals surface area contributed by atoms with Gasteiger partial charge in [-0.25, -0.2) is 9.59 Å². The smallest absolute Gasteiger partial charge is 0.351 e. The molecule has 1 aromatic heterocycles. The number of ether oxygens (including phenoxy) is 1. The minimum absolute atomic E-state index is 0.209. The minimum atomic E-state index is -0.854. The second-order valence-electron chi connectivity index (χ2n) is 6.37. The topological polar surface area (TPSA) is 85.6 Å². The maximum atomic E-state index is 12.1. The van der Waals surface area contributed by atoms with Crippen LogP contribution in [0.4, 0.5) is 0 Å². The summed E-state index contributed by atoms with van der Waals surface area (Å²) in [5.74, 6) is -0.711. The molecule has 0 unspecified atom stereocenters. The number of amides is 1. The van der Waals surface area contributed by atoms with Gasteiger partial charge in [-0.15, -0.1) is 0 Å². The highest BCUT2D eigenvalue weighted by molar-refractivity contribution is 5.94. The molecule has 0 bridgehead atoms. The number of carbonyl (C=O) groups is 2. The first-order chi connectivity index (χ1) is 12.1. The Morgan fingerprint density at radius 1 is 1.16 bits per heavy atom. The Morgan fingerprint density at radius 2 is 1.92 bits per heavy atom. The SMILES string of the molecule is O=C(COC(=O)c1cc2ccccc2oc1=O)NCC1CCCCC1. The van der Waals surface area contributed by atoms with Crippen molar-refractivity contribution in [3.8, 4) is 0 Å². The van der Waals surface area contributed by atoms with E-state index in [1.807, 2.05) is 0 Å². The summed E-state index contributed by atoms with van der Waals surface area (Å²) in [5, 5.41) is 3.41. The minimum Gasteiger partial charge on any atom is -0.452 e. The van der Waals surface area contributed by atoms with Crippen molar-refractivity contribution in [3.63, 3.8) is 0 Å². The first-order valence-corrected chi connectivity index (χ1v) is 8.60. The molecule has 1 aliphatic rings. The van der Waals surface area contributed by atoms with Crippen LogP contribution in [0.1, 0.15) is 42.5 Å². The molecular weight excluding hydrogens is 322 g/mol. The van der Waals surface area contributed by atoms with Crippen LogP contribution in [-0.4, -0.2) is 25.0 Å². The van der Waals surface area contributed by atoms with Crippen LogP contribution in [0.25, 0.3) is 11.0 Å². The fourth-order valence-corrected chi connectivity index (χ4v) is 3.11. The van der Waals surface area contributed by atoms with Crippen LogP contribution in [-0.2, 0) is 9.53 Å². The Kier molecular flexibility index (Phi) is 5.48. The van der Waals surface area contributed by atoms with Crippen molar-refractivity contribution in [1.29, 1.82) is 0 Å². The molecule has 6 heteroatoms. The van der Waals surface area contributed by atoms with Crippen molar-refractivity contribution in [2.75, 3.05) is 13.2 Å². The zero-order valence-electron chi connectivity index (χ0n) is 14.0. The number of para-hydroxylation sites is 1. The molecule has 132 valence electrons. The summed E-state index contributed by atoms with van der Waals surface area (Å²) in [6.07, 6.45) is 5.91. The molecule has 0 saturated heterocycles. The van der Waals surface area contributed by atoms with Gasteiger partial charge in [0.25, 0.3) is 5.91 Å². The summed E-state index contributed by atoms with van der Waals surface area (Å²) >= 11 is 0. The van der Waals surface area contributed by atoms with E-state index in [9.17, 15) is 14.4 Å². The second-order valence-corrected chi connectivity index (χ2v) is 6.37. The third-order valence-electron chi connectivity index (χ3n) is 4.51. The van der Waals surface area contributed by atoms with Gasteiger partial charge in [0.05, 0.1) is 0 Å². The predicted octanol–water partition coefficient (Wildman–Crippen LogP) is 2.65. The van der Waals surface area contributed by atoms with Crippen molar-refractivity contribution in [2.45, 2.75) is 32.1 Å². The second kappa shape index (κ2) is 7.96. The van der Waals surface area contributed by atoms with Gasteiger partial charge in [0.15, 0.2) is 6.61 Å². The average Bonchev–Trinajstić information content (AvgIpc) is 2.64. The quantitative estimate of drug-likeness (QED) is 0.666. The van der Waals surface area contributed by atoms with Gasteiger partial charge in [-0.05, 0) is 30.9 Å². The van der Waals surface area contributed by atoms with Gasteiger partial charge in [0, 0.05) is 11.9 Å². The van der Waals surface area contributed by atoms with Crippen LogP contribution < -0.4 is 10.9 Å². The molecular formula is C19H21NO5. The summed E-state index contributed by atoms with van der Waals surface area (Å²) < 4.78 is 10.0. The van der Waals surface area contributed by atoms with E-state index < -0.39 is 18.2 Å². The third-order valence-corrected chi connectivity index (χ3v) is 4.51. The van der Waals surface area contributed by atoms with Crippen LogP contribution in [0.3, 0.4) is 0 Å². The normalized spacial score (nSPS) is 15.0. The maximum absolute atomic E-state index is 12.1. The van der Waals surface area contributed by atoms with Crippen LogP contribution in [0.2, 0.25) is 0 Å². The lowest BCUT2D eigenvalue weighted by molar-refractivity contribution is -0.124. The molecule has 0 aliphatic heterocycles. The van der Waals surface area contributed by atoms with E-state index in [0.29, 0.717) is 23.4 Å². The van der Waals surface area contributed by atoms with Gasteiger partial charge in [-0.3, -0.25) is 4.79 Å². The zero-order valence-corrected chi connectivity index (χ0v) is 14.0. The van der Waals surface area contributed by atoms with E-state index in [1.54, 1.807) is 24.3 Å². The van der Waals surface area contributed by atoms with Crippen molar-refractivity contribution >= 4 is 22.8 Å². The van der Waals surface area contributed by atoms with Crippen LogP contribution >= 0.6 is 0 Å². The molecule has 1 heterocycles. The highest BCUT2D eigenvalue weighted by Crippen LogP contribution is 2.22. The molecule has 1 amide bonds. The van der Waals surface area contributed by atoms with Crippen molar-refractivity contribution in [3.05, 3.63) is 46.3 Å². The lowest BCUT2D eigenvalue weighted by Gasteiger charge is -2.21. The molecule has 0 spiro atoms. The Hall–Kier alpha value is -2.63. The van der Waals surface area contributed by atoms with E-state index in [-0.39, 0.29) is 11.5 Å². The third kappa shape index (κ3) is 4.47. The van der Waals surface area contributed by atoms with E-state index in [2.05, 4.69) is 5.32 Å². The van der Waals surface area contributed by atoms with Gasteiger partial charge in [0.2, 0.25) is 0 Å². The zero-order chi connectivity index (χ0) is 17.6. The van der Waals surface area contributed by atoms with E-state index in [1.165, 1.54) is 25.3 Å². The van der Waals surface area contributed by atoms with Gasteiger partial charge in [-0.2, -0.15) is 0 Å². The van der Waals surface area contributed by atoms with E-state index >= 15 is 0 Å². The highest BCUT2D eigenvalue weighted by Gasteiger charge is 2.18. The van der Waals surface area contributed by atoms with Gasteiger partial charge < -0.3 is 14.5 Å². The first kappa shape index (κ1) is 17.2. The Bertz CT molecular complexity index is 820. The molecule has 25 heavy (non-hydrogen) atoms. The summed E-state index contributed by atoms with van der Waals surface area (Å²) in [6.45, 7) is 0.201. The maximum Gasteiger partial charge on any atom is 0.351 e. The van der Waals surface area contributed by atoms with Crippen molar-refractivity contribution < 1.29 is 18.7 Å². The summed E-state index contributed by atoms with van der Waals surface area (Å²) in [5.41, 5.74) is -0.584. The van der Waals surface area contributed by atoms with Gasteiger partial charge in [0.1, 0.15) is 11.1 Å². The Balaban J connectivity index is 1.54. The number of esters is 1. The highest BCUT2D eigenvalue weighted by atomic mass is 16.5. The monoisotopic (exact) mass is 343 g/mol. The molecule has 2 aromatic rings. The molecule has 0 radical (unpaired) electrons. The lowest BCUT2D eigenvalue weighted by Crippen LogP contribution is -2.34. The number of hydrogen-bond donors (Lipinski definition) is 1. The molecule has 3 rings (SSSR count). The van der Waals surface area contributed by atoms with E-state index in [0.717, 1.165) is 12.8 Å². The molecule has 1 N–H and O–H groups in total. The van der Waals surface area contributed by atoms with Gasteiger partial charge >= 0.3 is 11.6 Å². The largest absolute Gasteiger partial charge is 0.452 e. The fourth-order valence-electron chi connectivity index (χ4n) is 3.11. The number of rotatable bonds is 5. The summed E-state index contributed by atoms with van der Waals surface area (Å²) in [6, 6.07) is 8.30. The number of hydrogen-bond acceptors (Lipinski definition) is 5. The Labute approximate surface area is 145 Å². The first-order valence-electron chi connectivity index (χ1n) is 8.60. The number of carbonyl (C=O) groups excluding carboxylic acids is 2. The number of benzene rings is 1. The standard InChI is InChI=1S/C19H21NO5/c21-17(20-11-13-6-2-1-3-7-13)12-24-18(22)15-10-14-8-4-5-9-16(14)25-19(15)23/h4-5,8-10,13H,1-3,6-7,11-12H2,(H,20,21). The molecule has 1 fully saturated rings. The Morgan fingerprint density at radius 3 is 2.72 bits per heavy atom. The summed E-state index contributed by atoms with van der Waals surface area (Å²) in [4.78, 5) is 35.8. The van der Waals surface area contributed by atoms with E-state index in [4.69, 9.17) is 9.15 Å². The summed E-state index contributed by atoms with van der Waals surface area (Å²) in [7, 11) is 0. The molecule has 1 aromatic carbocycles. The number of fused-ring (bicyclic) bond motifs is 1. The predicted molar refractivity (Wildman–Crippen MR) is 92.4 cm³/mol. The van der Waals surface area contributed by atoms with Crippen LogP contribution in [0.5, 0.6) is 0 Å². The van der Waals surface area contributed by atoms with Crippen molar-refractivity contribution in [1.82, 2.24) is 5.32 Å². The fraction of sp³-hybridized carbons (Fsp3) is 0.421. The molecule has 0 atom stereocenters. The molecule has 6 nitrogen and oxygen atoms in total. The van der Waals surface area contributed by atoms with Crippen molar-refractivity contribution in [2.24, 2.45) is 5.92 Å². The van der Waals surface area contributed by atoms with Gasteiger partial charge in [-0.1, -0.05) is 37.5 Å². The van der Waals surface area contributed by atoms with Crippen LogP contribution in [0.15, 0.2) is 39.5 Å². The molecule has 1 aliphatic carbocycles. The lowest BCUT2D eigenvalue weighted by atomic mass is 9.89. The molecule has 1 saturated carbocycles. The number of nitrogens with one attached hydrogen (secondary N) is 1. The average molecular weight is 343 g/mol. The van der Waals surface area contributed by atoms with Crippen LogP contribution in [0, 0.1) is 5.92 Å².